The van der Waals surface area contributed by atoms with E-state index in [4.69, 9.17) is 16.0 Å². The molecule has 0 aliphatic heterocycles. The normalized spacial score (nSPS) is 12.7. The Morgan fingerprint density at radius 1 is 1.22 bits per heavy atom. The molecule has 138 valence electrons. The van der Waals surface area contributed by atoms with Crippen molar-refractivity contribution in [3.8, 4) is 5.69 Å². The van der Waals surface area contributed by atoms with Crippen LogP contribution in [0.5, 0.6) is 0 Å². The number of nitrogen functional groups attached to an aromatic ring is 1. The van der Waals surface area contributed by atoms with E-state index in [1.54, 1.807) is 18.2 Å². The van der Waals surface area contributed by atoms with Crippen LogP contribution in [-0.4, -0.2) is 24.3 Å². The van der Waals surface area contributed by atoms with Gasteiger partial charge in [-0.2, -0.15) is 5.10 Å². The summed E-state index contributed by atoms with van der Waals surface area (Å²) < 4.78 is 34.3. The van der Waals surface area contributed by atoms with Crippen LogP contribution in [0.25, 0.3) is 11.8 Å². The van der Waals surface area contributed by atoms with Gasteiger partial charge >= 0.3 is 0 Å². The van der Waals surface area contributed by atoms with Crippen molar-refractivity contribution >= 4 is 28.8 Å². The average Bonchev–Trinajstić information content (AvgIpc) is 3.03. The lowest BCUT2D eigenvalue weighted by Gasteiger charge is -2.06. The van der Waals surface area contributed by atoms with Crippen LogP contribution in [0, 0.1) is 5.82 Å². The third kappa shape index (κ3) is 3.94. The van der Waals surface area contributed by atoms with Gasteiger partial charge in [0.25, 0.3) is 0 Å². The van der Waals surface area contributed by atoms with Crippen molar-refractivity contribution in [1.29, 1.82) is 0 Å². The fraction of sp³-hybridized carbons (Fsp3) is 0. The van der Waals surface area contributed by atoms with E-state index in [0.29, 0.717) is 16.8 Å². The molecule has 0 bridgehead atoms. The van der Waals surface area contributed by atoms with E-state index in [2.05, 4.69) is 5.10 Å². The molecule has 0 aliphatic carbocycles. The molecule has 1 atom stereocenters. The first kappa shape index (κ1) is 18.5. The molecule has 1 aromatic heterocycles. The van der Waals surface area contributed by atoms with E-state index in [0.717, 1.165) is 0 Å². The Morgan fingerprint density at radius 3 is 2.59 bits per heavy atom. The molecule has 3 aromatic rings. The van der Waals surface area contributed by atoms with Crippen LogP contribution >= 0.6 is 0 Å². The van der Waals surface area contributed by atoms with Crippen LogP contribution < -0.4 is 11.5 Å². The minimum atomic E-state index is -2.29. The molecule has 2 aromatic carbocycles. The first-order chi connectivity index (χ1) is 12.9. The summed E-state index contributed by atoms with van der Waals surface area (Å²) in [7, 11) is 0. The number of hydrogen-bond donors (Lipinski definition) is 3. The van der Waals surface area contributed by atoms with Gasteiger partial charge in [-0.15, -0.1) is 0 Å². The van der Waals surface area contributed by atoms with Gasteiger partial charge in [0.2, 0.25) is 11.1 Å². The van der Waals surface area contributed by atoms with Crippen molar-refractivity contribution in [2.24, 2.45) is 5.73 Å². The number of nitrogens with zero attached hydrogens (tertiary/aromatic N) is 2. The molecule has 1 heterocycles. The molecular weight excluding hydrogens is 371 g/mol. The summed E-state index contributed by atoms with van der Waals surface area (Å²) in [5, 5.41) is 3.87. The quantitative estimate of drug-likeness (QED) is 0.456. The third-order valence-electron chi connectivity index (χ3n) is 3.78. The van der Waals surface area contributed by atoms with E-state index in [-0.39, 0.29) is 22.2 Å². The van der Waals surface area contributed by atoms with Crippen molar-refractivity contribution in [1.82, 2.24) is 9.78 Å². The zero-order chi connectivity index (χ0) is 19.6. The summed E-state index contributed by atoms with van der Waals surface area (Å²) in [6.45, 7) is 0. The second-order valence-electron chi connectivity index (χ2n) is 5.58. The maximum Gasteiger partial charge on any atom is 0.203 e. The molecule has 3 rings (SSSR count). The highest BCUT2D eigenvalue weighted by molar-refractivity contribution is 7.83. The SMILES string of the molecule is NC(=Cc1cccc(C(=O)c2cnn(-c3ccc(F)cc3)c2N)c1)S(=O)O. The lowest BCUT2D eigenvalue weighted by Crippen LogP contribution is -2.07. The number of carbonyl (C=O) groups is 1. The maximum atomic E-state index is 13.1. The largest absolute Gasteiger partial charge is 0.390 e. The molecule has 0 saturated carbocycles. The van der Waals surface area contributed by atoms with E-state index in [1.165, 1.54) is 47.3 Å². The summed E-state index contributed by atoms with van der Waals surface area (Å²) in [5.74, 6) is -0.655. The second kappa shape index (κ2) is 7.52. The van der Waals surface area contributed by atoms with Crippen molar-refractivity contribution < 1.29 is 17.9 Å². The molecule has 5 N–H and O–H groups in total. The molecule has 1 unspecified atom stereocenters. The summed E-state index contributed by atoms with van der Waals surface area (Å²) in [6, 6.07) is 11.9. The molecule has 0 amide bonds. The smallest absolute Gasteiger partial charge is 0.203 e. The molecule has 0 fully saturated rings. The number of hydrogen-bond acceptors (Lipinski definition) is 5. The number of halogens is 1. The number of benzene rings is 2. The Kier molecular flexibility index (Phi) is 5.15. The van der Waals surface area contributed by atoms with E-state index in [9.17, 15) is 13.4 Å². The number of nitrogens with two attached hydrogens (primary N) is 2. The molecule has 0 aliphatic rings. The second-order valence-corrected chi connectivity index (χ2v) is 6.55. The van der Waals surface area contributed by atoms with Gasteiger partial charge in [-0.3, -0.25) is 4.79 Å². The minimum absolute atomic E-state index is 0.114. The Labute approximate surface area is 156 Å². The number of carbonyl (C=O) groups excluding carboxylic acids is 1. The van der Waals surface area contributed by atoms with Crippen LogP contribution in [0.4, 0.5) is 10.2 Å². The van der Waals surface area contributed by atoms with E-state index in [1.807, 2.05) is 0 Å². The highest BCUT2D eigenvalue weighted by Gasteiger charge is 2.18. The highest BCUT2D eigenvalue weighted by atomic mass is 32.2. The Balaban J connectivity index is 1.94. The summed E-state index contributed by atoms with van der Waals surface area (Å²) in [6.07, 6.45) is 2.64. The summed E-state index contributed by atoms with van der Waals surface area (Å²) >= 11 is -2.29. The zero-order valence-electron chi connectivity index (χ0n) is 13.9. The van der Waals surface area contributed by atoms with Gasteiger partial charge in [-0.1, -0.05) is 18.2 Å². The summed E-state index contributed by atoms with van der Waals surface area (Å²) in [4.78, 5) is 12.8. The number of ketones is 1. The zero-order valence-corrected chi connectivity index (χ0v) is 14.7. The van der Waals surface area contributed by atoms with Gasteiger partial charge in [0.1, 0.15) is 16.7 Å². The first-order valence-corrected chi connectivity index (χ1v) is 8.79. The number of anilines is 1. The van der Waals surface area contributed by atoms with Crippen molar-refractivity contribution in [2.45, 2.75) is 0 Å². The van der Waals surface area contributed by atoms with Gasteiger partial charge < -0.3 is 16.0 Å². The molecule has 9 heteroatoms. The van der Waals surface area contributed by atoms with Crippen molar-refractivity contribution in [2.75, 3.05) is 5.73 Å². The van der Waals surface area contributed by atoms with Crippen LogP contribution in [0.3, 0.4) is 0 Å². The average molecular weight is 386 g/mol. The molecular formula is C18H15FN4O3S. The first-order valence-electron chi connectivity index (χ1n) is 7.69. The molecule has 27 heavy (non-hydrogen) atoms. The minimum Gasteiger partial charge on any atom is -0.390 e. The van der Waals surface area contributed by atoms with Crippen LogP contribution in [-0.2, 0) is 11.1 Å². The lowest BCUT2D eigenvalue weighted by molar-refractivity contribution is 0.103. The van der Waals surface area contributed by atoms with Gasteiger partial charge in [-0.25, -0.2) is 13.3 Å². The molecule has 0 saturated heterocycles. The predicted molar refractivity (Wildman–Crippen MR) is 101 cm³/mol. The summed E-state index contributed by atoms with van der Waals surface area (Å²) in [5.41, 5.74) is 13.0. The van der Waals surface area contributed by atoms with Crippen LogP contribution in [0.1, 0.15) is 21.5 Å². The fourth-order valence-electron chi connectivity index (χ4n) is 2.46. The maximum absolute atomic E-state index is 13.1. The molecule has 7 nitrogen and oxygen atoms in total. The van der Waals surface area contributed by atoms with E-state index >= 15 is 0 Å². The monoisotopic (exact) mass is 386 g/mol. The topological polar surface area (TPSA) is 124 Å². The van der Waals surface area contributed by atoms with E-state index < -0.39 is 16.9 Å². The Hall–Kier alpha value is -3.30. The van der Waals surface area contributed by atoms with Gasteiger partial charge in [0, 0.05) is 5.56 Å². The van der Waals surface area contributed by atoms with Gasteiger partial charge in [0.05, 0.1) is 17.4 Å². The van der Waals surface area contributed by atoms with Gasteiger partial charge in [0.15, 0.2) is 5.78 Å². The lowest BCUT2D eigenvalue weighted by atomic mass is 10.0. The third-order valence-corrected chi connectivity index (χ3v) is 4.30. The van der Waals surface area contributed by atoms with Crippen LogP contribution in [0.2, 0.25) is 0 Å². The standard InChI is InChI=1S/C18H15FN4O3S/c19-13-4-6-14(7-5-13)23-18(21)15(10-22-23)17(24)12-3-1-2-11(8-12)9-16(20)27(25)26/h1-10H,20-21H2,(H,25,26). The van der Waals surface area contributed by atoms with Crippen molar-refractivity contribution in [3.63, 3.8) is 0 Å². The molecule has 0 spiro atoms. The van der Waals surface area contributed by atoms with Gasteiger partial charge in [-0.05, 0) is 42.0 Å². The van der Waals surface area contributed by atoms with Crippen molar-refractivity contribution in [3.05, 3.63) is 82.3 Å². The molecule has 0 radical (unpaired) electrons. The number of aromatic nitrogens is 2. The fourth-order valence-corrected chi connectivity index (χ4v) is 2.70. The highest BCUT2D eigenvalue weighted by Crippen LogP contribution is 2.21. The number of rotatable bonds is 5. The predicted octanol–water partition coefficient (Wildman–Crippen LogP) is 2.30. The Morgan fingerprint density at radius 2 is 1.93 bits per heavy atom. The van der Waals surface area contributed by atoms with Crippen LogP contribution in [0.15, 0.2) is 59.8 Å². The Bertz CT molecular complexity index is 1060.